The van der Waals surface area contributed by atoms with E-state index < -0.39 is 0 Å². The van der Waals surface area contributed by atoms with Crippen molar-refractivity contribution in [3.05, 3.63) is 64.4 Å². The van der Waals surface area contributed by atoms with Crippen molar-refractivity contribution in [2.45, 2.75) is 39.2 Å². The molecule has 0 radical (unpaired) electrons. The molecule has 0 unspecified atom stereocenters. The predicted octanol–water partition coefficient (Wildman–Crippen LogP) is 4.80. The third-order valence-corrected chi connectivity index (χ3v) is 6.64. The summed E-state index contributed by atoms with van der Waals surface area (Å²) in [5.74, 6) is 2.20. The average molecular weight is 451 g/mol. The highest BCUT2D eigenvalue weighted by Crippen LogP contribution is 2.24. The fraction of sp³-hybridized carbons (Fsp3) is 0.400. The minimum atomic E-state index is 0.0919. The number of aromatic nitrogens is 3. The van der Waals surface area contributed by atoms with Gasteiger partial charge in [0.1, 0.15) is 12.3 Å². The minimum absolute atomic E-state index is 0.0919. The van der Waals surface area contributed by atoms with E-state index in [2.05, 4.69) is 41.4 Å². The summed E-state index contributed by atoms with van der Waals surface area (Å²) in [6, 6.07) is 16.4. The van der Waals surface area contributed by atoms with Gasteiger partial charge in [-0.15, -0.1) is 0 Å². The molecule has 7 heteroatoms. The number of amides is 1. The summed E-state index contributed by atoms with van der Waals surface area (Å²) >= 11 is 5.40. The summed E-state index contributed by atoms with van der Waals surface area (Å²) in [7, 11) is 1.63. The number of likely N-dealkylation sites (tertiary alicyclic amines) is 1. The lowest BCUT2D eigenvalue weighted by molar-refractivity contribution is -0.133. The number of aromatic amines is 1. The molecule has 168 valence electrons. The second kappa shape index (κ2) is 10.1. The van der Waals surface area contributed by atoms with Gasteiger partial charge >= 0.3 is 0 Å². The van der Waals surface area contributed by atoms with Crippen LogP contribution in [-0.4, -0.2) is 45.8 Å². The van der Waals surface area contributed by atoms with Crippen LogP contribution in [0.15, 0.2) is 48.5 Å². The van der Waals surface area contributed by atoms with Crippen LogP contribution in [-0.2, 0) is 17.8 Å². The summed E-state index contributed by atoms with van der Waals surface area (Å²) in [6.45, 7) is 3.93. The molecule has 2 aromatic carbocycles. The van der Waals surface area contributed by atoms with Crippen molar-refractivity contribution in [1.29, 1.82) is 0 Å². The number of rotatable bonds is 7. The van der Waals surface area contributed by atoms with Gasteiger partial charge in [-0.25, -0.2) is 0 Å². The van der Waals surface area contributed by atoms with Gasteiger partial charge in [0, 0.05) is 18.7 Å². The number of piperidine rings is 1. The van der Waals surface area contributed by atoms with Gasteiger partial charge in [0.05, 0.1) is 7.11 Å². The van der Waals surface area contributed by atoms with Crippen LogP contribution in [0.2, 0.25) is 0 Å². The molecule has 0 bridgehead atoms. The van der Waals surface area contributed by atoms with E-state index in [4.69, 9.17) is 17.0 Å². The smallest absolute Gasteiger partial charge is 0.242 e. The first-order valence-corrected chi connectivity index (χ1v) is 11.6. The largest absolute Gasteiger partial charge is 0.497 e. The highest BCUT2D eigenvalue weighted by molar-refractivity contribution is 7.71. The summed E-state index contributed by atoms with van der Waals surface area (Å²) in [5.41, 5.74) is 3.59. The number of hydrogen-bond acceptors (Lipinski definition) is 4. The lowest BCUT2D eigenvalue weighted by Crippen LogP contribution is -2.40. The Morgan fingerprint density at radius 1 is 1.12 bits per heavy atom. The number of aryl methyl sites for hydroxylation is 2. The maximum Gasteiger partial charge on any atom is 0.242 e. The Kier molecular flexibility index (Phi) is 7.05. The van der Waals surface area contributed by atoms with Gasteiger partial charge < -0.3 is 9.64 Å². The molecular weight excluding hydrogens is 420 g/mol. The van der Waals surface area contributed by atoms with Crippen molar-refractivity contribution in [3.63, 3.8) is 0 Å². The third-order valence-electron chi connectivity index (χ3n) is 6.33. The van der Waals surface area contributed by atoms with Crippen LogP contribution < -0.4 is 4.74 Å². The van der Waals surface area contributed by atoms with Crippen molar-refractivity contribution in [3.8, 4) is 17.1 Å². The van der Waals surface area contributed by atoms with Gasteiger partial charge in [0.15, 0.2) is 10.6 Å². The Labute approximate surface area is 194 Å². The molecule has 0 aliphatic carbocycles. The number of hydrogen-bond donors (Lipinski definition) is 1. The van der Waals surface area contributed by atoms with Crippen molar-refractivity contribution in [2.75, 3.05) is 20.2 Å². The van der Waals surface area contributed by atoms with Crippen LogP contribution in [0.25, 0.3) is 11.4 Å². The molecule has 1 aliphatic rings. The summed E-state index contributed by atoms with van der Waals surface area (Å²) in [4.78, 5) is 15.0. The standard InChI is InChI=1S/C25H30N4O2S/c1-18-3-5-19(6-4-18)7-8-20-13-15-28(16-14-20)23(30)17-29-24(26-27-25(29)32)21-9-11-22(31-2)12-10-21/h3-6,9-12,20H,7-8,13-17H2,1-2H3,(H,27,32). The Bertz CT molecular complexity index is 1090. The molecule has 0 spiro atoms. The molecule has 0 saturated carbocycles. The van der Waals surface area contributed by atoms with Crippen molar-refractivity contribution >= 4 is 18.1 Å². The lowest BCUT2D eigenvalue weighted by Gasteiger charge is -2.32. The monoisotopic (exact) mass is 450 g/mol. The van der Waals surface area contributed by atoms with E-state index in [1.54, 1.807) is 11.7 Å². The van der Waals surface area contributed by atoms with E-state index in [1.165, 1.54) is 17.5 Å². The maximum atomic E-state index is 13.0. The molecular formula is C25H30N4O2S. The Balaban J connectivity index is 1.33. The molecule has 1 saturated heterocycles. The van der Waals surface area contributed by atoms with E-state index in [0.717, 1.165) is 43.7 Å². The Morgan fingerprint density at radius 3 is 2.47 bits per heavy atom. The second-order valence-electron chi connectivity index (χ2n) is 8.52. The van der Waals surface area contributed by atoms with Gasteiger partial charge in [-0.3, -0.25) is 14.5 Å². The first kappa shape index (κ1) is 22.3. The van der Waals surface area contributed by atoms with Gasteiger partial charge in [0.25, 0.3) is 0 Å². The zero-order chi connectivity index (χ0) is 22.5. The molecule has 6 nitrogen and oxygen atoms in total. The lowest BCUT2D eigenvalue weighted by atomic mass is 9.90. The van der Waals surface area contributed by atoms with Gasteiger partial charge in [0.2, 0.25) is 5.91 Å². The molecule has 2 heterocycles. The van der Waals surface area contributed by atoms with E-state index in [0.29, 0.717) is 16.5 Å². The third kappa shape index (κ3) is 5.27. The molecule has 1 aromatic heterocycles. The zero-order valence-electron chi connectivity index (χ0n) is 18.7. The SMILES string of the molecule is COc1ccc(-c2n[nH]c(=S)n2CC(=O)N2CCC(CCc3ccc(C)cc3)CC2)cc1. The van der Waals surface area contributed by atoms with E-state index >= 15 is 0 Å². The molecule has 0 atom stereocenters. The predicted molar refractivity (Wildman–Crippen MR) is 128 cm³/mol. The van der Waals surface area contributed by atoms with Gasteiger partial charge in [-0.1, -0.05) is 29.8 Å². The van der Waals surface area contributed by atoms with Crippen LogP contribution in [0, 0.1) is 17.6 Å². The van der Waals surface area contributed by atoms with Crippen molar-refractivity contribution < 1.29 is 9.53 Å². The number of ether oxygens (including phenoxy) is 1. The fourth-order valence-corrected chi connectivity index (χ4v) is 4.45. The quantitative estimate of drug-likeness (QED) is 0.526. The molecule has 4 rings (SSSR count). The number of carbonyl (C=O) groups excluding carboxylic acids is 1. The van der Waals surface area contributed by atoms with Crippen LogP contribution in [0.4, 0.5) is 0 Å². The molecule has 3 aromatic rings. The topological polar surface area (TPSA) is 63.1 Å². The Morgan fingerprint density at radius 2 is 1.81 bits per heavy atom. The molecule has 1 N–H and O–H groups in total. The number of methoxy groups -OCH3 is 1. The van der Waals surface area contributed by atoms with Gasteiger partial charge in [-0.2, -0.15) is 5.10 Å². The molecule has 32 heavy (non-hydrogen) atoms. The highest BCUT2D eigenvalue weighted by Gasteiger charge is 2.24. The molecule has 1 amide bonds. The summed E-state index contributed by atoms with van der Waals surface area (Å²) in [6.07, 6.45) is 4.40. The van der Waals surface area contributed by atoms with Crippen LogP contribution >= 0.6 is 12.2 Å². The van der Waals surface area contributed by atoms with Crippen LogP contribution in [0.5, 0.6) is 5.75 Å². The number of benzene rings is 2. The van der Waals surface area contributed by atoms with Crippen LogP contribution in [0.1, 0.15) is 30.4 Å². The number of nitrogens with zero attached hydrogens (tertiary/aromatic N) is 3. The zero-order valence-corrected chi connectivity index (χ0v) is 19.5. The first-order valence-electron chi connectivity index (χ1n) is 11.2. The average Bonchev–Trinajstić information content (AvgIpc) is 3.19. The fourth-order valence-electron chi connectivity index (χ4n) is 4.26. The summed E-state index contributed by atoms with van der Waals surface area (Å²) < 4.78 is 7.46. The number of nitrogens with one attached hydrogen (secondary N) is 1. The maximum absolute atomic E-state index is 13.0. The molecule has 1 aliphatic heterocycles. The first-order chi connectivity index (χ1) is 15.5. The molecule has 1 fully saturated rings. The second-order valence-corrected chi connectivity index (χ2v) is 8.90. The van der Waals surface area contributed by atoms with Crippen molar-refractivity contribution in [2.24, 2.45) is 5.92 Å². The Hall–Kier alpha value is -2.93. The normalized spacial score (nSPS) is 14.5. The van der Waals surface area contributed by atoms with Crippen LogP contribution in [0.3, 0.4) is 0 Å². The van der Waals surface area contributed by atoms with Crippen molar-refractivity contribution in [1.82, 2.24) is 19.7 Å². The van der Waals surface area contributed by atoms with Gasteiger partial charge in [-0.05, 0) is 80.6 Å². The van der Waals surface area contributed by atoms with E-state index in [-0.39, 0.29) is 12.5 Å². The summed E-state index contributed by atoms with van der Waals surface area (Å²) in [5, 5.41) is 7.17. The number of carbonyl (C=O) groups is 1. The highest BCUT2D eigenvalue weighted by atomic mass is 32.1. The van der Waals surface area contributed by atoms with E-state index in [9.17, 15) is 4.79 Å². The minimum Gasteiger partial charge on any atom is -0.497 e. The number of H-pyrrole nitrogens is 1. The van der Waals surface area contributed by atoms with E-state index in [1.807, 2.05) is 29.2 Å².